The van der Waals surface area contributed by atoms with Gasteiger partial charge in [-0.05, 0) is 48.8 Å². The van der Waals surface area contributed by atoms with Gasteiger partial charge in [0.15, 0.2) is 5.11 Å². The average Bonchev–Trinajstić information content (AvgIpc) is 2.73. The van der Waals surface area contributed by atoms with Gasteiger partial charge in [0.2, 0.25) is 5.91 Å². The van der Waals surface area contributed by atoms with Crippen LogP contribution in [-0.4, -0.2) is 54.7 Å². The van der Waals surface area contributed by atoms with Crippen LogP contribution in [0.2, 0.25) is 0 Å². The lowest BCUT2D eigenvalue weighted by Crippen LogP contribution is -2.56. The largest absolute Gasteiger partial charge is 0.497 e. The molecule has 1 amide bonds. The molecular weight excluding hydrogens is 386 g/mol. The number of ether oxygens (including phenoxy) is 2. The number of methoxy groups -OCH3 is 2. The first kappa shape index (κ1) is 19.5. The molecule has 0 radical (unpaired) electrons. The zero-order chi connectivity index (χ0) is 20.5. The fraction of sp³-hybridized carbons (Fsp3) is 0.364. The molecule has 0 unspecified atom stereocenters. The van der Waals surface area contributed by atoms with Crippen LogP contribution in [0.4, 0.5) is 5.69 Å². The predicted molar refractivity (Wildman–Crippen MR) is 117 cm³/mol. The van der Waals surface area contributed by atoms with Gasteiger partial charge in [-0.25, -0.2) is 0 Å². The number of nitrogens with one attached hydrogen (secondary N) is 1. The molecule has 0 aliphatic carbocycles. The lowest BCUT2D eigenvalue weighted by atomic mass is 9.89. The molecule has 6 nitrogen and oxygen atoms in total. The number of fused-ring (bicyclic) bond motifs is 3. The molecule has 29 heavy (non-hydrogen) atoms. The Bertz CT molecular complexity index is 962. The van der Waals surface area contributed by atoms with Crippen molar-refractivity contribution < 1.29 is 14.3 Å². The molecule has 2 heterocycles. The van der Waals surface area contributed by atoms with Crippen LogP contribution in [0.1, 0.15) is 22.7 Å². The average molecular weight is 412 g/mol. The fourth-order valence-electron chi connectivity index (χ4n) is 4.12. The van der Waals surface area contributed by atoms with E-state index < -0.39 is 0 Å². The van der Waals surface area contributed by atoms with Gasteiger partial charge in [0.05, 0.1) is 32.5 Å². The topological polar surface area (TPSA) is 54.0 Å². The van der Waals surface area contributed by atoms with Crippen LogP contribution < -0.4 is 14.8 Å². The van der Waals surface area contributed by atoms with Gasteiger partial charge in [0, 0.05) is 19.2 Å². The molecule has 152 valence electrons. The number of benzene rings is 2. The van der Waals surface area contributed by atoms with Crippen LogP contribution in [0, 0.1) is 6.92 Å². The zero-order valence-corrected chi connectivity index (χ0v) is 17.7. The summed E-state index contributed by atoms with van der Waals surface area (Å²) in [6.07, 6.45) is 0.906. The van der Waals surface area contributed by atoms with E-state index in [0.717, 1.165) is 13.0 Å². The van der Waals surface area contributed by atoms with E-state index in [1.807, 2.05) is 28.0 Å². The molecule has 2 aromatic rings. The predicted octanol–water partition coefficient (Wildman–Crippen LogP) is 3.15. The molecule has 0 saturated carbocycles. The minimum absolute atomic E-state index is 0.0209. The maximum Gasteiger partial charge on any atom is 0.242 e. The summed E-state index contributed by atoms with van der Waals surface area (Å²) in [6, 6.07) is 12.0. The normalized spacial score (nSPS) is 18.0. The van der Waals surface area contributed by atoms with Crippen LogP contribution in [0.3, 0.4) is 0 Å². The Morgan fingerprint density at radius 1 is 1.17 bits per heavy atom. The number of carbonyl (C=O) groups excluding carboxylic acids is 1. The monoisotopic (exact) mass is 411 g/mol. The SMILES string of the molecule is COc1ccc(OC)c(NC(=S)N2CC(=O)N3CCc4cc(C)ccc4[C@@H]3C2)c1. The van der Waals surface area contributed by atoms with E-state index in [0.29, 0.717) is 28.8 Å². The number of thiocarbonyl (C=S) groups is 1. The van der Waals surface area contributed by atoms with Crippen LogP contribution in [0.25, 0.3) is 0 Å². The fourth-order valence-corrected chi connectivity index (χ4v) is 4.37. The summed E-state index contributed by atoms with van der Waals surface area (Å²) in [5, 5.41) is 3.74. The summed E-state index contributed by atoms with van der Waals surface area (Å²) in [4.78, 5) is 16.8. The number of amides is 1. The third-order valence-corrected chi connectivity index (χ3v) is 5.99. The van der Waals surface area contributed by atoms with Gasteiger partial charge < -0.3 is 24.6 Å². The van der Waals surface area contributed by atoms with Crippen molar-refractivity contribution in [3.63, 3.8) is 0 Å². The van der Waals surface area contributed by atoms with Crippen molar-refractivity contribution in [2.24, 2.45) is 0 Å². The van der Waals surface area contributed by atoms with Crippen LogP contribution in [0.15, 0.2) is 36.4 Å². The molecule has 4 rings (SSSR count). The second kappa shape index (κ2) is 7.91. The van der Waals surface area contributed by atoms with E-state index >= 15 is 0 Å². The van der Waals surface area contributed by atoms with E-state index in [-0.39, 0.29) is 18.5 Å². The van der Waals surface area contributed by atoms with E-state index in [1.54, 1.807) is 14.2 Å². The van der Waals surface area contributed by atoms with E-state index in [1.165, 1.54) is 16.7 Å². The summed E-state index contributed by atoms with van der Waals surface area (Å²) >= 11 is 5.66. The molecule has 2 aliphatic heterocycles. The standard InChI is InChI=1S/C22H25N3O3S/c1-14-4-6-17-15(10-14)8-9-25-19(17)12-24(13-21(25)26)22(29)23-18-11-16(27-2)5-7-20(18)28-3/h4-7,10-11,19H,8-9,12-13H2,1-3H3,(H,23,29)/t19-/m0/s1. The van der Waals surface area contributed by atoms with Crippen molar-refractivity contribution >= 4 is 28.9 Å². The molecule has 2 aromatic carbocycles. The number of piperazine rings is 1. The lowest BCUT2D eigenvalue weighted by Gasteiger charge is -2.45. The Morgan fingerprint density at radius 3 is 2.76 bits per heavy atom. The Hall–Kier alpha value is -2.80. The Balaban J connectivity index is 1.57. The van der Waals surface area contributed by atoms with Crippen LogP contribution >= 0.6 is 12.2 Å². The van der Waals surface area contributed by atoms with Gasteiger partial charge in [-0.3, -0.25) is 4.79 Å². The van der Waals surface area contributed by atoms with Crippen molar-refractivity contribution in [2.75, 3.05) is 39.2 Å². The second-order valence-corrected chi connectivity index (χ2v) is 7.82. The quantitative estimate of drug-likeness (QED) is 0.783. The molecule has 0 spiro atoms. The maximum absolute atomic E-state index is 12.8. The number of nitrogens with zero attached hydrogens (tertiary/aromatic N) is 2. The summed E-state index contributed by atoms with van der Waals surface area (Å²) < 4.78 is 10.7. The molecule has 1 N–H and O–H groups in total. The highest BCUT2D eigenvalue weighted by molar-refractivity contribution is 7.80. The van der Waals surface area contributed by atoms with E-state index in [9.17, 15) is 4.79 Å². The number of hydrogen-bond donors (Lipinski definition) is 1. The molecular formula is C22H25N3O3S. The second-order valence-electron chi connectivity index (χ2n) is 7.43. The summed E-state index contributed by atoms with van der Waals surface area (Å²) in [5.74, 6) is 1.47. The smallest absolute Gasteiger partial charge is 0.242 e. The van der Waals surface area contributed by atoms with Crippen molar-refractivity contribution in [3.05, 3.63) is 53.1 Å². The minimum Gasteiger partial charge on any atom is -0.497 e. The molecule has 1 atom stereocenters. The highest BCUT2D eigenvalue weighted by Gasteiger charge is 2.37. The Kier molecular flexibility index (Phi) is 5.32. The van der Waals surface area contributed by atoms with Gasteiger partial charge in [0.1, 0.15) is 11.5 Å². The van der Waals surface area contributed by atoms with Gasteiger partial charge in [-0.1, -0.05) is 23.8 Å². The molecule has 2 aliphatic rings. The Morgan fingerprint density at radius 2 is 2.00 bits per heavy atom. The first-order valence-corrected chi connectivity index (χ1v) is 10.1. The number of anilines is 1. The number of hydrogen-bond acceptors (Lipinski definition) is 4. The van der Waals surface area contributed by atoms with Crippen molar-refractivity contribution in [2.45, 2.75) is 19.4 Å². The third-order valence-electron chi connectivity index (χ3n) is 5.63. The van der Waals surface area contributed by atoms with Crippen LogP contribution in [-0.2, 0) is 11.2 Å². The minimum atomic E-state index is 0.0209. The van der Waals surface area contributed by atoms with Gasteiger partial charge in [-0.2, -0.15) is 0 Å². The molecule has 0 bridgehead atoms. The molecule has 1 fully saturated rings. The number of carbonyl (C=O) groups is 1. The van der Waals surface area contributed by atoms with Gasteiger partial charge in [0.25, 0.3) is 0 Å². The summed E-state index contributed by atoms with van der Waals surface area (Å²) in [6.45, 7) is 3.80. The highest BCUT2D eigenvalue weighted by atomic mass is 32.1. The first-order valence-electron chi connectivity index (χ1n) is 9.67. The lowest BCUT2D eigenvalue weighted by molar-refractivity contribution is -0.138. The molecule has 7 heteroatoms. The highest BCUT2D eigenvalue weighted by Crippen LogP contribution is 2.34. The molecule has 1 saturated heterocycles. The van der Waals surface area contributed by atoms with Crippen molar-refractivity contribution in [1.29, 1.82) is 0 Å². The van der Waals surface area contributed by atoms with E-state index in [2.05, 4.69) is 30.4 Å². The van der Waals surface area contributed by atoms with Crippen LogP contribution in [0.5, 0.6) is 11.5 Å². The van der Waals surface area contributed by atoms with E-state index in [4.69, 9.17) is 21.7 Å². The van der Waals surface area contributed by atoms with Crippen molar-refractivity contribution in [3.8, 4) is 11.5 Å². The maximum atomic E-state index is 12.8. The summed E-state index contributed by atoms with van der Waals surface area (Å²) in [5.41, 5.74) is 4.51. The van der Waals surface area contributed by atoms with Crippen molar-refractivity contribution in [1.82, 2.24) is 9.80 Å². The summed E-state index contributed by atoms with van der Waals surface area (Å²) in [7, 11) is 3.23. The number of rotatable bonds is 3. The van der Waals surface area contributed by atoms with Gasteiger partial charge in [-0.15, -0.1) is 0 Å². The first-order chi connectivity index (χ1) is 14.0. The van der Waals surface area contributed by atoms with Gasteiger partial charge >= 0.3 is 0 Å². The molecule has 0 aromatic heterocycles. The number of aryl methyl sites for hydroxylation is 1. The third kappa shape index (κ3) is 3.74. The zero-order valence-electron chi connectivity index (χ0n) is 16.9. The Labute approximate surface area is 176 Å².